The number of nitrogens with zero attached hydrogens (tertiary/aromatic N) is 1. The molecule has 1 aliphatic carbocycles. The molecule has 3 aromatic rings. The minimum atomic E-state index is -3.54. The summed E-state index contributed by atoms with van der Waals surface area (Å²) < 4.78 is 33.3. The Morgan fingerprint density at radius 2 is 1.55 bits per heavy atom. The zero-order valence-corrected chi connectivity index (χ0v) is 25.2. The third kappa shape index (κ3) is 9.51. The van der Waals surface area contributed by atoms with Gasteiger partial charge in [0.1, 0.15) is 6.04 Å². The molecular formula is C33H41N3O5S. The van der Waals surface area contributed by atoms with Crippen LogP contribution in [0.1, 0.15) is 62.3 Å². The zero-order valence-electron chi connectivity index (χ0n) is 24.4. The van der Waals surface area contributed by atoms with Gasteiger partial charge in [-0.15, -0.1) is 0 Å². The number of benzene rings is 3. The first-order valence-corrected chi connectivity index (χ1v) is 16.1. The molecule has 0 aromatic heterocycles. The lowest BCUT2D eigenvalue weighted by atomic mass is 10.0. The van der Waals surface area contributed by atoms with Crippen LogP contribution in [-0.2, 0) is 37.3 Å². The standard InChI is InChI=1S/C33H41N3O5S/c1-25(2)41-23-9-22-34-33(38)32(28-12-7-4-8-13-28)36(24-27-10-5-3-6-11-27)31(37)21-16-26-14-19-30(20-15-26)42(39,40)35-29-17-18-29/h3-8,10-15,19-20,25,29,32,35H,9,16-18,21-24H2,1-2H3,(H,34,38). The Bertz CT molecular complexity index is 1390. The SMILES string of the molecule is CC(C)OCCCNC(=O)C(c1ccccc1)N(Cc1ccccc1)C(=O)CCc1ccc(S(=O)(=O)NC2CC2)cc1. The topological polar surface area (TPSA) is 105 Å². The maximum absolute atomic E-state index is 13.9. The van der Waals surface area contributed by atoms with Gasteiger partial charge in [0.15, 0.2) is 0 Å². The second-order valence-corrected chi connectivity index (χ2v) is 12.6. The van der Waals surface area contributed by atoms with E-state index in [-0.39, 0.29) is 41.8 Å². The van der Waals surface area contributed by atoms with E-state index in [9.17, 15) is 18.0 Å². The van der Waals surface area contributed by atoms with Gasteiger partial charge in [0.2, 0.25) is 21.8 Å². The predicted octanol–water partition coefficient (Wildman–Crippen LogP) is 4.76. The summed E-state index contributed by atoms with van der Waals surface area (Å²) in [4.78, 5) is 29.4. The highest BCUT2D eigenvalue weighted by Crippen LogP contribution is 2.26. The van der Waals surface area contributed by atoms with Gasteiger partial charge in [-0.1, -0.05) is 72.8 Å². The Hall–Kier alpha value is -3.53. The van der Waals surface area contributed by atoms with Gasteiger partial charge in [0.05, 0.1) is 11.0 Å². The van der Waals surface area contributed by atoms with Gasteiger partial charge in [-0.2, -0.15) is 0 Å². The van der Waals surface area contributed by atoms with Crippen LogP contribution in [0.25, 0.3) is 0 Å². The second-order valence-electron chi connectivity index (χ2n) is 10.9. The van der Waals surface area contributed by atoms with Crippen LogP contribution in [0.3, 0.4) is 0 Å². The molecule has 1 aliphatic rings. The van der Waals surface area contributed by atoms with Gasteiger partial charge < -0.3 is 15.0 Å². The highest BCUT2D eigenvalue weighted by Gasteiger charge is 2.31. The number of aryl methyl sites for hydroxylation is 1. The molecular weight excluding hydrogens is 550 g/mol. The van der Waals surface area contributed by atoms with Crippen LogP contribution >= 0.6 is 0 Å². The Morgan fingerprint density at radius 3 is 2.17 bits per heavy atom. The van der Waals surface area contributed by atoms with Crippen LogP contribution in [0, 0.1) is 0 Å². The van der Waals surface area contributed by atoms with Crippen molar-refractivity contribution in [2.24, 2.45) is 0 Å². The van der Waals surface area contributed by atoms with E-state index in [1.165, 1.54) is 0 Å². The molecule has 2 N–H and O–H groups in total. The number of hydrogen-bond acceptors (Lipinski definition) is 5. The number of sulfonamides is 1. The fourth-order valence-electron chi connectivity index (χ4n) is 4.63. The van der Waals surface area contributed by atoms with Crippen molar-refractivity contribution in [2.75, 3.05) is 13.2 Å². The van der Waals surface area contributed by atoms with Crippen molar-refractivity contribution in [3.63, 3.8) is 0 Å². The number of nitrogens with one attached hydrogen (secondary N) is 2. The number of rotatable bonds is 16. The molecule has 8 nitrogen and oxygen atoms in total. The predicted molar refractivity (Wildman–Crippen MR) is 163 cm³/mol. The van der Waals surface area contributed by atoms with E-state index in [2.05, 4.69) is 10.0 Å². The molecule has 1 fully saturated rings. The smallest absolute Gasteiger partial charge is 0.247 e. The van der Waals surface area contributed by atoms with Crippen molar-refractivity contribution < 1.29 is 22.7 Å². The van der Waals surface area contributed by atoms with Crippen molar-refractivity contribution in [2.45, 2.75) is 75.6 Å². The summed E-state index contributed by atoms with van der Waals surface area (Å²) in [5.74, 6) is -0.411. The van der Waals surface area contributed by atoms with Crippen molar-refractivity contribution in [1.82, 2.24) is 14.9 Å². The molecule has 1 unspecified atom stereocenters. The average Bonchev–Trinajstić information content (AvgIpc) is 3.80. The number of hydrogen-bond donors (Lipinski definition) is 2. The summed E-state index contributed by atoms with van der Waals surface area (Å²) in [7, 11) is -3.54. The third-order valence-electron chi connectivity index (χ3n) is 7.02. The molecule has 0 radical (unpaired) electrons. The van der Waals surface area contributed by atoms with Crippen molar-refractivity contribution in [3.05, 3.63) is 102 Å². The molecule has 224 valence electrons. The first kappa shape index (κ1) is 31.4. The number of amides is 2. The number of carbonyl (C=O) groups excluding carboxylic acids is 2. The van der Waals surface area contributed by atoms with Gasteiger partial charge in [0, 0.05) is 32.2 Å². The van der Waals surface area contributed by atoms with E-state index in [1.807, 2.05) is 74.5 Å². The average molecular weight is 592 g/mol. The molecule has 1 saturated carbocycles. The fourth-order valence-corrected chi connectivity index (χ4v) is 5.94. The molecule has 0 spiro atoms. The molecule has 9 heteroatoms. The number of ether oxygens (including phenoxy) is 1. The van der Waals surface area contributed by atoms with E-state index in [1.54, 1.807) is 29.2 Å². The lowest BCUT2D eigenvalue weighted by molar-refractivity contribution is -0.141. The monoisotopic (exact) mass is 591 g/mol. The zero-order chi connectivity index (χ0) is 30.0. The third-order valence-corrected chi connectivity index (χ3v) is 8.56. The first-order chi connectivity index (χ1) is 20.2. The lowest BCUT2D eigenvalue weighted by Crippen LogP contribution is -2.44. The van der Waals surface area contributed by atoms with E-state index in [0.29, 0.717) is 26.0 Å². The largest absolute Gasteiger partial charge is 0.379 e. The highest BCUT2D eigenvalue weighted by molar-refractivity contribution is 7.89. The molecule has 2 amide bonds. The molecule has 1 atom stereocenters. The molecule has 4 rings (SSSR count). The van der Waals surface area contributed by atoms with Gasteiger partial charge >= 0.3 is 0 Å². The van der Waals surface area contributed by atoms with E-state index < -0.39 is 16.1 Å². The van der Waals surface area contributed by atoms with Crippen molar-refractivity contribution in [1.29, 1.82) is 0 Å². The molecule has 3 aromatic carbocycles. The van der Waals surface area contributed by atoms with Crippen molar-refractivity contribution >= 4 is 21.8 Å². The van der Waals surface area contributed by atoms with Crippen LogP contribution < -0.4 is 10.0 Å². The van der Waals surface area contributed by atoms with Gasteiger partial charge in [-0.05, 0) is 68.4 Å². The normalized spacial score (nSPS) is 14.0. The Kier molecular flexibility index (Phi) is 11.3. The molecule has 42 heavy (non-hydrogen) atoms. The lowest BCUT2D eigenvalue weighted by Gasteiger charge is -2.32. The van der Waals surface area contributed by atoms with Gasteiger partial charge in [-0.25, -0.2) is 13.1 Å². The fraction of sp³-hybridized carbons (Fsp3) is 0.394. The maximum atomic E-state index is 13.9. The first-order valence-electron chi connectivity index (χ1n) is 14.6. The Morgan fingerprint density at radius 1 is 0.905 bits per heavy atom. The van der Waals surface area contributed by atoms with E-state index in [0.717, 1.165) is 29.5 Å². The molecule has 0 aliphatic heterocycles. The summed E-state index contributed by atoms with van der Waals surface area (Å²) in [6.07, 6.45) is 3.10. The number of carbonyl (C=O) groups is 2. The van der Waals surface area contributed by atoms with E-state index >= 15 is 0 Å². The summed E-state index contributed by atoms with van der Waals surface area (Å²) in [6.45, 7) is 5.19. The summed E-state index contributed by atoms with van der Waals surface area (Å²) in [5.41, 5.74) is 2.50. The maximum Gasteiger partial charge on any atom is 0.247 e. The quantitative estimate of drug-likeness (QED) is 0.234. The van der Waals surface area contributed by atoms with Gasteiger partial charge in [-0.3, -0.25) is 9.59 Å². The second kappa shape index (κ2) is 15.1. The van der Waals surface area contributed by atoms with Crippen molar-refractivity contribution in [3.8, 4) is 0 Å². The highest BCUT2D eigenvalue weighted by atomic mass is 32.2. The minimum absolute atomic E-state index is 0.0334. The van der Waals surface area contributed by atoms with E-state index in [4.69, 9.17) is 4.74 Å². The summed E-state index contributed by atoms with van der Waals surface area (Å²) in [5, 5.41) is 3.01. The van der Waals surface area contributed by atoms with Gasteiger partial charge in [0.25, 0.3) is 0 Å². The summed E-state index contributed by atoms with van der Waals surface area (Å²) in [6, 6.07) is 24.9. The molecule has 0 saturated heterocycles. The molecule has 0 bridgehead atoms. The minimum Gasteiger partial charge on any atom is -0.379 e. The van der Waals surface area contributed by atoms with Crippen LogP contribution in [0.4, 0.5) is 0 Å². The summed E-state index contributed by atoms with van der Waals surface area (Å²) >= 11 is 0. The van der Waals surface area contributed by atoms with Crippen LogP contribution in [0.5, 0.6) is 0 Å². The Labute approximate surface area is 249 Å². The molecule has 0 heterocycles. The van der Waals surface area contributed by atoms with Crippen LogP contribution in [0.15, 0.2) is 89.8 Å². The Balaban J connectivity index is 1.50. The van der Waals surface area contributed by atoms with Crippen LogP contribution in [-0.4, -0.2) is 50.4 Å². The van der Waals surface area contributed by atoms with Crippen LogP contribution in [0.2, 0.25) is 0 Å².